The molecule has 0 unspecified atom stereocenters. The Morgan fingerprint density at radius 2 is 2.11 bits per heavy atom. The molecule has 1 aliphatic heterocycles. The molecule has 0 aromatic heterocycles. The fraction of sp³-hybridized carbons (Fsp3) is 0.529. The van der Waals surface area contributed by atoms with E-state index in [9.17, 15) is 0 Å². The fourth-order valence-corrected chi connectivity index (χ4v) is 4.15. The Bertz CT molecular complexity index is 403. The van der Waals surface area contributed by atoms with Crippen LogP contribution in [0.25, 0.3) is 0 Å². The number of allylic oxidation sites excluding steroid dienone is 1. The van der Waals surface area contributed by atoms with E-state index in [4.69, 9.17) is 0 Å². The first-order chi connectivity index (χ1) is 9.17. The summed E-state index contributed by atoms with van der Waals surface area (Å²) < 4.78 is 1.22. The average molecular weight is 369 g/mol. The van der Waals surface area contributed by atoms with Crippen LogP contribution in [0.15, 0.2) is 43.0 Å². The summed E-state index contributed by atoms with van der Waals surface area (Å²) in [4.78, 5) is 2.67. The SMILES string of the molecule is C=C[C@H]1C[C@@H](C)N([C@H](C)c2ccccc2)C[C@@H]1CI. The van der Waals surface area contributed by atoms with Gasteiger partial charge in [0, 0.05) is 23.1 Å². The van der Waals surface area contributed by atoms with Gasteiger partial charge in [-0.1, -0.05) is 59.0 Å². The molecule has 0 spiro atoms. The molecule has 1 heterocycles. The number of hydrogen-bond donors (Lipinski definition) is 0. The minimum absolute atomic E-state index is 0.507. The van der Waals surface area contributed by atoms with Crippen LogP contribution in [0.1, 0.15) is 31.9 Å². The second kappa shape index (κ2) is 6.89. The van der Waals surface area contributed by atoms with Gasteiger partial charge >= 0.3 is 0 Å². The first kappa shape index (κ1) is 15.0. The Hall–Kier alpha value is -0.350. The van der Waals surface area contributed by atoms with Crippen LogP contribution in [-0.4, -0.2) is 21.9 Å². The van der Waals surface area contributed by atoms with Crippen molar-refractivity contribution >= 4 is 22.6 Å². The van der Waals surface area contributed by atoms with E-state index >= 15 is 0 Å². The molecule has 2 heteroatoms. The zero-order valence-corrected chi connectivity index (χ0v) is 14.1. The lowest BCUT2D eigenvalue weighted by Gasteiger charge is -2.44. The van der Waals surface area contributed by atoms with Crippen LogP contribution in [0.5, 0.6) is 0 Å². The molecule has 4 atom stereocenters. The van der Waals surface area contributed by atoms with E-state index < -0.39 is 0 Å². The van der Waals surface area contributed by atoms with Gasteiger partial charge in [-0.2, -0.15) is 0 Å². The summed E-state index contributed by atoms with van der Waals surface area (Å²) in [5, 5.41) is 0. The van der Waals surface area contributed by atoms with E-state index in [0.717, 1.165) is 5.92 Å². The van der Waals surface area contributed by atoms with E-state index in [1.165, 1.54) is 23.0 Å². The lowest BCUT2D eigenvalue weighted by Crippen LogP contribution is -2.47. The van der Waals surface area contributed by atoms with Crippen molar-refractivity contribution in [2.75, 3.05) is 11.0 Å². The van der Waals surface area contributed by atoms with Crippen LogP contribution < -0.4 is 0 Å². The third-order valence-corrected chi connectivity index (χ3v) is 5.64. The van der Waals surface area contributed by atoms with Crippen LogP contribution in [-0.2, 0) is 0 Å². The zero-order chi connectivity index (χ0) is 13.8. The standard InChI is InChI=1S/C17H24IN/c1-4-15-10-13(2)19(12-17(15)11-18)14(3)16-8-6-5-7-9-16/h4-9,13-15,17H,1,10-12H2,2-3H3/t13-,14-,15+,17+/m1/s1. The van der Waals surface area contributed by atoms with Gasteiger partial charge in [-0.25, -0.2) is 0 Å². The van der Waals surface area contributed by atoms with Crippen molar-refractivity contribution in [2.24, 2.45) is 11.8 Å². The van der Waals surface area contributed by atoms with Gasteiger partial charge in [-0.15, -0.1) is 6.58 Å². The maximum Gasteiger partial charge on any atom is 0.0322 e. The summed E-state index contributed by atoms with van der Waals surface area (Å²) >= 11 is 2.53. The Labute approximate surface area is 131 Å². The van der Waals surface area contributed by atoms with Gasteiger partial charge in [0.25, 0.3) is 0 Å². The average Bonchev–Trinajstić information content (AvgIpc) is 2.47. The predicted octanol–water partition coefficient (Wildman–Crippen LogP) is 4.70. The molecule has 0 bridgehead atoms. The molecule has 0 N–H and O–H groups in total. The Morgan fingerprint density at radius 3 is 2.68 bits per heavy atom. The maximum absolute atomic E-state index is 4.02. The number of benzene rings is 1. The lowest BCUT2D eigenvalue weighted by atomic mass is 9.82. The van der Waals surface area contributed by atoms with Crippen LogP contribution in [0.3, 0.4) is 0 Å². The number of likely N-dealkylation sites (tertiary alicyclic amines) is 1. The van der Waals surface area contributed by atoms with E-state index in [-0.39, 0.29) is 0 Å². The Morgan fingerprint density at radius 1 is 1.42 bits per heavy atom. The molecular formula is C17H24IN. The van der Waals surface area contributed by atoms with Gasteiger partial charge in [0.1, 0.15) is 0 Å². The summed E-state index contributed by atoms with van der Waals surface area (Å²) in [6, 6.07) is 12.0. The minimum atomic E-state index is 0.507. The number of rotatable bonds is 4. The highest BCUT2D eigenvalue weighted by Crippen LogP contribution is 2.35. The van der Waals surface area contributed by atoms with E-state index in [1.807, 2.05) is 0 Å². The summed E-state index contributed by atoms with van der Waals surface area (Å²) in [7, 11) is 0. The van der Waals surface area contributed by atoms with Crippen molar-refractivity contribution in [1.82, 2.24) is 4.90 Å². The van der Waals surface area contributed by atoms with E-state index in [0.29, 0.717) is 18.0 Å². The number of alkyl halides is 1. The summed E-state index contributed by atoms with van der Waals surface area (Å²) in [6.45, 7) is 9.91. The third-order valence-electron chi connectivity index (χ3n) is 4.51. The maximum atomic E-state index is 4.02. The number of nitrogens with zero attached hydrogens (tertiary/aromatic N) is 1. The molecule has 19 heavy (non-hydrogen) atoms. The molecule has 1 nitrogen and oxygen atoms in total. The largest absolute Gasteiger partial charge is 0.294 e. The zero-order valence-electron chi connectivity index (χ0n) is 11.9. The van der Waals surface area contributed by atoms with Crippen molar-refractivity contribution < 1.29 is 0 Å². The molecule has 0 aliphatic carbocycles. The molecule has 0 amide bonds. The summed E-state index contributed by atoms with van der Waals surface area (Å²) in [5.74, 6) is 1.44. The molecule has 1 aromatic rings. The van der Waals surface area contributed by atoms with Crippen LogP contribution in [0, 0.1) is 11.8 Å². The van der Waals surface area contributed by atoms with Crippen molar-refractivity contribution in [1.29, 1.82) is 0 Å². The first-order valence-electron chi connectivity index (χ1n) is 7.16. The summed E-state index contributed by atoms with van der Waals surface area (Å²) in [6.07, 6.45) is 3.42. The fourth-order valence-electron chi connectivity index (χ4n) is 3.22. The molecule has 1 aromatic carbocycles. The summed E-state index contributed by atoms with van der Waals surface area (Å²) in [5.41, 5.74) is 1.43. The second-order valence-corrected chi connectivity index (χ2v) is 6.56. The van der Waals surface area contributed by atoms with Crippen LogP contribution >= 0.6 is 22.6 Å². The van der Waals surface area contributed by atoms with E-state index in [2.05, 4.69) is 84.3 Å². The van der Waals surface area contributed by atoms with Gasteiger partial charge in [0.15, 0.2) is 0 Å². The molecule has 1 aliphatic rings. The number of halogens is 1. The van der Waals surface area contributed by atoms with Gasteiger partial charge in [-0.05, 0) is 37.7 Å². The van der Waals surface area contributed by atoms with E-state index in [1.54, 1.807) is 0 Å². The smallest absolute Gasteiger partial charge is 0.0322 e. The Kier molecular flexibility index (Phi) is 5.46. The Balaban J connectivity index is 2.13. The van der Waals surface area contributed by atoms with Gasteiger partial charge in [-0.3, -0.25) is 4.90 Å². The molecule has 2 rings (SSSR count). The predicted molar refractivity (Wildman–Crippen MR) is 91.7 cm³/mol. The minimum Gasteiger partial charge on any atom is -0.294 e. The van der Waals surface area contributed by atoms with Crippen molar-refractivity contribution in [3.8, 4) is 0 Å². The molecule has 1 fully saturated rings. The molecule has 104 valence electrons. The number of hydrogen-bond acceptors (Lipinski definition) is 1. The van der Waals surface area contributed by atoms with Gasteiger partial charge < -0.3 is 0 Å². The second-order valence-electron chi connectivity index (χ2n) is 5.68. The molecular weight excluding hydrogens is 345 g/mol. The molecule has 1 saturated heterocycles. The molecule has 0 radical (unpaired) electrons. The van der Waals surface area contributed by atoms with Crippen molar-refractivity contribution in [3.05, 3.63) is 48.6 Å². The highest BCUT2D eigenvalue weighted by Gasteiger charge is 2.33. The highest BCUT2D eigenvalue weighted by atomic mass is 127. The normalized spacial score (nSPS) is 29.9. The van der Waals surface area contributed by atoms with Crippen molar-refractivity contribution in [3.63, 3.8) is 0 Å². The third kappa shape index (κ3) is 3.40. The van der Waals surface area contributed by atoms with Gasteiger partial charge in [0.2, 0.25) is 0 Å². The first-order valence-corrected chi connectivity index (χ1v) is 8.69. The quantitative estimate of drug-likeness (QED) is 0.423. The highest BCUT2D eigenvalue weighted by molar-refractivity contribution is 14.1. The van der Waals surface area contributed by atoms with Crippen LogP contribution in [0.2, 0.25) is 0 Å². The lowest BCUT2D eigenvalue weighted by molar-refractivity contribution is 0.0642. The molecule has 0 saturated carbocycles. The van der Waals surface area contributed by atoms with Crippen LogP contribution in [0.4, 0.5) is 0 Å². The van der Waals surface area contributed by atoms with Crippen molar-refractivity contribution in [2.45, 2.75) is 32.4 Å². The monoisotopic (exact) mass is 369 g/mol. The topological polar surface area (TPSA) is 3.24 Å². The van der Waals surface area contributed by atoms with Gasteiger partial charge in [0.05, 0.1) is 0 Å². The number of piperidine rings is 1.